The Morgan fingerprint density at radius 3 is 1.86 bits per heavy atom. The second-order valence-electron chi connectivity index (χ2n) is 3.26. The molecule has 11 heteroatoms. The molecule has 2 N–H and O–H groups in total. The molecule has 1 heterocycles. The first-order valence-corrected chi connectivity index (χ1v) is 8.56. The van der Waals surface area contributed by atoms with E-state index in [4.69, 9.17) is 0 Å². The van der Waals surface area contributed by atoms with Crippen molar-refractivity contribution in [3.63, 3.8) is 0 Å². The maximum absolute atomic E-state index is 11.3. The van der Waals surface area contributed by atoms with Crippen molar-refractivity contribution < 1.29 is 9.59 Å². The molecule has 0 spiro atoms. The van der Waals surface area contributed by atoms with Crippen LogP contribution < -0.4 is 10.9 Å². The molecule has 2 amide bonds. The van der Waals surface area contributed by atoms with Crippen LogP contribution in [0.3, 0.4) is 0 Å². The highest BCUT2D eigenvalue weighted by Crippen LogP contribution is 2.28. The summed E-state index contributed by atoms with van der Waals surface area (Å²) in [6, 6.07) is 0. The first kappa shape index (κ1) is 17.6. The standard InChI is InChI=1S/C10H14N6O2S3/c1-3-11-13-7(17)5-19-9-15-16-10(21-9)20-6-8(18)14-12-4-2/h3-4H,5-6H2,1-2H3,(H,13,17)(H,14,18)/b11-3+,12-4+. The van der Waals surface area contributed by atoms with Gasteiger partial charge in [-0.15, -0.1) is 10.2 Å². The fourth-order valence-electron chi connectivity index (χ4n) is 0.906. The highest BCUT2D eigenvalue weighted by Gasteiger charge is 2.09. The van der Waals surface area contributed by atoms with Gasteiger partial charge in [0.15, 0.2) is 8.68 Å². The van der Waals surface area contributed by atoms with E-state index in [-0.39, 0.29) is 23.3 Å². The zero-order chi connectivity index (χ0) is 15.5. The molecule has 21 heavy (non-hydrogen) atoms. The van der Waals surface area contributed by atoms with E-state index in [1.807, 2.05) is 0 Å². The predicted molar refractivity (Wildman–Crippen MR) is 86.0 cm³/mol. The van der Waals surface area contributed by atoms with Crippen molar-refractivity contribution in [2.45, 2.75) is 22.5 Å². The minimum absolute atomic E-state index is 0.209. The van der Waals surface area contributed by atoms with E-state index >= 15 is 0 Å². The Kier molecular flexibility index (Phi) is 8.62. The van der Waals surface area contributed by atoms with E-state index in [0.717, 1.165) is 0 Å². The average Bonchev–Trinajstić information content (AvgIpc) is 2.94. The molecule has 0 aliphatic rings. The zero-order valence-corrected chi connectivity index (χ0v) is 13.8. The van der Waals surface area contributed by atoms with Crippen LogP contribution in [0.25, 0.3) is 0 Å². The molecule has 0 aromatic carbocycles. The maximum Gasteiger partial charge on any atom is 0.250 e. The number of hydrazone groups is 2. The summed E-state index contributed by atoms with van der Waals surface area (Å²) in [5, 5.41) is 15.1. The Labute approximate surface area is 134 Å². The molecular weight excluding hydrogens is 332 g/mol. The van der Waals surface area contributed by atoms with Crippen LogP contribution in [0, 0.1) is 0 Å². The van der Waals surface area contributed by atoms with Crippen LogP contribution in [-0.2, 0) is 9.59 Å². The number of hydrogen-bond donors (Lipinski definition) is 2. The van der Waals surface area contributed by atoms with Crippen LogP contribution in [0.15, 0.2) is 18.9 Å². The van der Waals surface area contributed by atoms with Gasteiger partial charge in [-0.1, -0.05) is 34.9 Å². The highest BCUT2D eigenvalue weighted by atomic mass is 32.2. The van der Waals surface area contributed by atoms with Gasteiger partial charge in [0.1, 0.15) is 0 Å². The van der Waals surface area contributed by atoms with Crippen molar-refractivity contribution in [3.05, 3.63) is 0 Å². The molecule has 0 atom stereocenters. The lowest BCUT2D eigenvalue weighted by molar-refractivity contribution is -0.119. The van der Waals surface area contributed by atoms with Crippen LogP contribution >= 0.6 is 34.9 Å². The van der Waals surface area contributed by atoms with Crippen LogP contribution in [0.5, 0.6) is 0 Å². The molecule has 1 aromatic rings. The second-order valence-corrected chi connectivity index (χ2v) is 6.68. The Hall–Kier alpha value is -1.46. The topological polar surface area (TPSA) is 109 Å². The van der Waals surface area contributed by atoms with Gasteiger partial charge in [0.05, 0.1) is 11.5 Å². The summed E-state index contributed by atoms with van der Waals surface area (Å²) in [4.78, 5) is 22.7. The van der Waals surface area contributed by atoms with Crippen molar-refractivity contribution in [1.29, 1.82) is 0 Å². The third kappa shape index (κ3) is 7.78. The lowest BCUT2D eigenvalue weighted by atomic mass is 10.7. The number of hydrogen-bond acceptors (Lipinski definition) is 9. The number of aromatic nitrogens is 2. The number of nitrogens with zero attached hydrogens (tertiary/aromatic N) is 4. The van der Waals surface area contributed by atoms with Gasteiger partial charge in [0.2, 0.25) is 11.8 Å². The molecule has 114 valence electrons. The molecule has 0 aliphatic carbocycles. The number of carbonyl (C=O) groups excluding carboxylic acids is 2. The Morgan fingerprint density at radius 1 is 1.05 bits per heavy atom. The quantitative estimate of drug-likeness (QED) is 0.412. The molecule has 1 aromatic heterocycles. The van der Waals surface area contributed by atoms with Crippen molar-refractivity contribution in [2.24, 2.45) is 10.2 Å². The number of amides is 2. The molecule has 0 bridgehead atoms. The van der Waals surface area contributed by atoms with E-state index in [0.29, 0.717) is 8.68 Å². The van der Waals surface area contributed by atoms with Gasteiger partial charge in [0.25, 0.3) is 0 Å². The van der Waals surface area contributed by atoms with Gasteiger partial charge in [0, 0.05) is 12.4 Å². The summed E-state index contributed by atoms with van der Waals surface area (Å²) in [6.07, 6.45) is 2.99. The zero-order valence-electron chi connectivity index (χ0n) is 11.4. The molecular formula is C10H14N6O2S3. The minimum atomic E-state index is -0.209. The Balaban J connectivity index is 2.32. The van der Waals surface area contributed by atoms with Crippen LogP contribution in [-0.4, -0.2) is 45.9 Å². The molecule has 0 saturated heterocycles. The minimum Gasteiger partial charge on any atom is -0.272 e. The molecule has 0 saturated carbocycles. The lowest BCUT2D eigenvalue weighted by Gasteiger charge is -1.96. The van der Waals surface area contributed by atoms with Gasteiger partial charge in [-0.25, -0.2) is 10.9 Å². The van der Waals surface area contributed by atoms with E-state index < -0.39 is 0 Å². The van der Waals surface area contributed by atoms with Crippen molar-refractivity contribution in [2.75, 3.05) is 11.5 Å². The predicted octanol–water partition coefficient (Wildman–Crippen LogP) is 0.966. The first-order chi connectivity index (χ1) is 10.2. The van der Waals surface area contributed by atoms with Gasteiger partial charge in [-0.2, -0.15) is 10.2 Å². The third-order valence-corrected chi connectivity index (χ3v) is 4.87. The number of rotatable bonds is 8. The molecule has 0 unspecified atom stereocenters. The number of carbonyl (C=O) groups is 2. The van der Waals surface area contributed by atoms with E-state index in [1.54, 1.807) is 13.8 Å². The molecule has 0 fully saturated rings. The molecule has 1 rings (SSSR count). The molecule has 8 nitrogen and oxygen atoms in total. The van der Waals surface area contributed by atoms with E-state index in [1.165, 1.54) is 47.3 Å². The van der Waals surface area contributed by atoms with Gasteiger partial charge in [-0.05, 0) is 13.8 Å². The average molecular weight is 346 g/mol. The maximum atomic E-state index is 11.3. The van der Waals surface area contributed by atoms with E-state index in [2.05, 4.69) is 31.3 Å². The largest absolute Gasteiger partial charge is 0.272 e. The van der Waals surface area contributed by atoms with Crippen LogP contribution in [0.1, 0.15) is 13.8 Å². The second kappa shape index (κ2) is 10.3. The van der Waals surface area contributed by atoms with Gasteiger partial charge >= 0.3 is 0 Å². The van der Waals surface area contributed by atoms with Crippen molar-refractivity contribution in [1.82, 2.24) is 21.0 Å². The fourth-order valence-corrected chi connectivity index (χ4v) is 3.51. The van der Waals surface area contributed by atoms with E-state index in [9.17, 15) is 9.59 Å². The summed E-state index contributed by atoms with van der Waals surface area (Å²) in [5.41, 5.74) is 4.73. The summed E-state index contributed by atoms with van der Waals surface area (Å²) in [6.45, 7) is 3.42. The van der Waals surface area contributed by atoms with Crippen LogP contribution in [0.4, 0.5) is 0 Å². The number of nitrogens with one attached hydrogen (secondary N) is 2. The normalized spacial score (nSPS) is 11.1. The van der Waals surface area contributed by atoms with Crippen molar-refractivity contribution >= 4 is 59.1 Å². The fraction of sp³-hybridized carbons (Fsp3) is 0.400. The Morgan fingerprint density at radius 2 is 1.48 bits per heavy atom. The summed E-state index contributed by atoms with van der Waals surface area (Å²) in [7, 11) is 0. The van der Waals surface area contributed by atoms with Gasteiger partial charge < -0.3 is 0 Å². The lowest BCUT2D eigenvalue weighted by Crippen LogP contribution is -2.19. The molecule has 0 aliphatic heterocycles. The first-order valence-electron chi connectivity index (χ1n) is 5.77. The monoisotopic (exact) mass is 346 g/mol. The van der Waals surface area contributed by atoms with Crippen LogP contribution in [0.2, 0.25) is 0 Å². The highest BCUT2D eigenvalue weighted by molar-refractivity contribution is 8.03. The van der Waals surface area contributed by atoms with Crippen molar-refractivity contribution in [3.8, 4) is 0 Å². The Bertz CT molecular complexity index is 486. The SMILES string of the molecule is C/C=N/NC(=O)CSc1nnc(SCC(=O)N/N=C/C)s1. The summed E-state index contributed by atoms with van der Waals surface area (Å²) >= 11 is 3.87. The smallest absolute Gasteiger partial charge is 0.250 e. The van der Waals surface area contributed by atoms with Gasteiger partial charge in [-0.3, -0.25) is 9.59 Å². The number of thioether (sulfide) groups is 2. The molecule has 0 radical (unpaired) electrons. The summed E-state index contributed by atoms with van der Waals surface area (Å²) < 4.78 is 1.33. The third-order valence-electron chi connectivity index (χ3n) is 1.68. The summed E-state index contributed by atoms with van der Waals surface area (Å²) in [5.74, 6) is 0.00336.